The van der Waals surface area contributed by atoms with Gasteiger partial charge in [0.2, 0.25) is 0 Å². The van der Waals surface area contributed by atoms with Gasteiger partial charge in [-0.05, 0) is 19.3 Å². The SMILES string of the molecule is CCn1cnnc1CCC1CCCC1. The maximum absolute atomic E-state index is 4.16. The van der Waals surface area contributed by atoms with Crippen LogP contribution in [0.15, 0.2) is 6.33 Å². The molecule has 0 aromatic carbocycles. The fourth-order valence-corrected chi connectivity index (χ4v) is 2.37. The van der Waals surface area contributed by atoms with Gasteiger partial charge in [-0.1, -0.05) is 25.7 Å². The van der Waals surface area contributed by atoms with Crippen LogP contribution in [0, 0.1) is 5.92 Å². The summed E-state index contributed by atoms with van der Waals surface area (Å²) in [7, 11) is 0. The third-order valence-corrected chi connectivity index (χ3v) is 3.29. The molecule has 0 radical (unpaired) electrons. The average Bonchev–Trinajstić information content (AvgIpc) is 2.85. The summed E-state index contributed by atoms with van der Waals surface area (Å²) < 4.78 is 2.15. The largest absolute Gasteiger partial charge is 0.318 e. The number of nitrogens with zero attached hydrogens (tertiary/aromatic N) is 3. The molecule has 0 saturated heterocycles. The van der Waals surface area contributed by atoms with Gasteiger partial charge in [0.1, 0.15) is 12.2 Å². The molecule has 0 N–H and O–H groups in total. The Morgan fingerprint density at radius 2 is 2.21 bits per heavy atom. The monoisotopic (exact) mass is 193 g/mol. The molecule has 0 unspecified atom stereocenters. The first-order chi connectivity index (χ1) is 6.90. The summed E-state index contributed by atoms with van der Waals surface area (Å²) in [5.74, 6) is 2.12. The van der Waals surface area contributed by atoms with Crippen molar-refractivity contribution in [2.24, 2.45) is 5.92 Å². The van der Waals surface area contributed by atoms with Crippen molar-refractivity contribution < 1.29 is 0 Å². The van der Waals surface area contributed by atoms with Gasteiger partial charge in [0.15, 0.2) is 0 Å². The fourth-order valence-electron chi connectivity index (χ4n) is 2.37. The number of hydrogen-bond donors (Lipinski definition) is 0. The van der Waals surface area contributed by atoms with Crippen molar-refractivity contribution in [2.45, 2.75) is 52.0 Å². The van der Waals surface area contributed by atoms with Crippen LogP contribution in [0.1, 0.15) is 44.9 Å². The highest BCUT2D eigenvalue weighted by atomic mass is 15.3. The van der Waals surface area contributed by atoms with Gasteiger partial charge in [0, 0.05) is 13.0 Å². The molecule has 1 aromatic rings. The molecular weight excluding hydrogens is 174 g/mol. The number of aromatic nitrogens is 3. The third-order valence-electron chi connectivity index (χ3n) is 3.29. The molecule has 0 bridgehead atoms. The normalized spacial score (nSPS) is 17.8. The van der Waals surface area contributed by atoms with E-state index in [2.05, 4.69) is 21.7 Å². The van der Waals surface area contributed by atoms with Crippen LogP contribution in [0.4, 0.5) is 0 Å². The molecule has 78 valence electrons. The van der Waals surface area contributed by atoms with Gasteiger partial charge in [-0.2, -0.15) is 0 Å². The predicted molar refractivity (Wildman–Crippen MR) is 56.0 cm³/mol. The summed E-state index contributed by atoms with van der Waals surface area (Å²) in [6.07, 6.45) is 9.98. The summed E-state index contributed by atoms with van der Waals surface area (Å²) in [4.78, 5) is 0. The van der Waals surface area contributed by atoms with Gasteiger partial charge < -0.3 is 4.57 Å². The Hall–Kier alpha value is -0.860. The van der Waals surface area contributed by atoms with Gasteiger partial charge in [-0.15, -0.1) is 10.2 Å². The lowest BCUT2D eigenvalue weighted by molar-refractivity contribution is 0.489. The Labute approximate surface area is 85.5 Å². The molecule has 0 atom stereocenters. The maximum Gasteiger partial charge on any atom is 0.132 e. The second-order valence-corrected chi connectivity index (χ2v) is 4.22. The summed E-state index contributed by atoms with van der Waals surface area (Å²) in [6, 6.07) is 0. The van der Waals surface area contributed by atoms with E-state index in [9.17, 15) is 0 Å². The zero-order valence-electron chi connectivity index (χ0n) is 8.95. The van der Waals surface area contributed by atoms with Crippen LogP contribution in [-0.2, 0) is 13.0 Å². The zero-order chi connectivity index (χ0) is 9.80. The highest BCUT2D eigenvalue weighted by molar-refractivity contribution is 4.86. The summed E-state index contributed by atoms with van der Waals surface area (Å²) in [6.45, 7) is 3.13. The van der Waals surface area contributed by atoms with Crippen molar-refractivity contribution in [3.63, 3.8) is 0 Å². The molecule has 2 rings (SSSR count). The Balaban J connectivity index is 1.84. The molecule has 1 heterocycles. The van der Waals surface area contributed by atoms with E-state index in [4.69, 9.17) is 0 Å². The first kappa shape index (κ1) is 9.69. The third kappa shape index (κ3) is 2.14. The molecule has 1 aliphatic rings. The minimum atomic E-state index is 0.956. The average molecular weight is 193 g/mol. The molecule has 3 heteroatoms. The Bertz CT molecular complexity index is 274. The Morgan fingerprint density at radius 1 is 1.43 bits per heavy atom. The molecule has 1 saturated carbocycles. The van der Waals surface area contributed by atoms with Crippen molar-refractivity contribution in [3.05, 3.63) is 12.2 Å². The van der Waals surface area contributed by atoms with Crippen LogP contribution in [0.2, 0.25) is 0 Å². The number of aryl methyl sites for hydroxylation is 2. The van der Waals surface area contributed by atoms with E-state index in [1.54, 1.807) is 0 Å². The van der Waals surface area contributed by atoms with Crippen LogP contribution in [-0.4, -0.2) is 14.8 Å². The van der Waals surface area contributed by atoms with Crippen LogP contribution >= 0.6 is 0 Å². The lowest BCUT2D eigenvalue weighted by Crippen LogP contribution is -2.04. The molecular formula is C11H19N3. The summed E-state index contributed by atoms with van der Waals surface area (Å²) in [5.41, 5.74) is 0. The second kappa shape index (κ2) is 4.58. The lowest BCUT2D eigenvalue weighted by atomic mass is 10.0. The molecule has 1 aromatic heterocycles. The topological polar surface area (TPSA) is 30.7 Å². The van der Waals surface area contributed by atoms with E-state index < -0.39 is 0 Å². The van der Waals surface area contributed by atoms with Crippen molar-refractivity contribution in [1.82, 2.24) is 14.8 Å². The Morgan fingerprint density at radius 3 is 2.93 bits per heavy atom. The van der Waals surface area contributed by atoms with Crippen LogP contribution < -0.4 is 0 Å². The van der Waals surface area contributed by atoms with E-state index in [0.717, 1.165) is 18.9 Å². The van der Waals surface area contributed by atoms with Crippen molar-refractivity contribution in [3.8, 4) is 0 Å². The molecule has 14 heavy (non-hydrogen) atoms. The first-order valence-corrected chi connectivity index (χ1v) is 5.77. The van der Waals surface area contributed by atoms with Gasteiger partial charge in [0.25, 0.3) is 0 Å². The first-order valence-electron chi connectivity index (χ1n) is 5.77. The molecule has 3 nitrogen and oxygen atoms in total. The molecule has 1 aliphatic carbocycles. The van der Waals surface area contributed by atoms with Gasteiger partial charge >= 0.3 is 0 Å². The van der Waals surface area contributed by atoms with Crippen LogP contribution in [0.5, 0.6) is 0 Å². The number of rotatable bonds is 4. The van der Waals surface area contributed by atoms with Gasteiger partial charge in [0.05, 0.1) is 0 Å². The van der Waals surface area contributed by atoms with Gasteiger partial charge in [-0.3, -0.25) is 0 Å². The highest BCUT2D eigenvalue weighted by Crippen LogP contribution is 2.28. The van der Waals surface area contributed by atoms with E-state index >= 15 is 0 Å². The summed E-state index contributed by atoms with van der Waals surface area (Å²) >= 11 is 0. The maximum atomic E-state index is 4.16. The highest BCUT2D eigenvalue weighted by Gasteiger charge is 2.15. The lowest BCUT2D eigenvalue weighted by Gasteiger charge is -2.08. The second-order valence-electron chi connectivity index (χ2n) is 4.22. The Kier molecular flexibility index (Phi) is 3.17. The smallest absolute Gasteiger partial charge is 0.132 e. The van der Waals surface area contributed by atoms with E-state index in [-0.39, 0.29) is 0 Å². The van der Waals surface area contributed by atoms with Gasteiger partial charge in [-0.25, -0.2) is 0 Å². The van der Waals surface area contributed by atoms with E-state index in [0.29, 0.717) is 0 Å². The van der Waals surface area contributed by atoms with Crippen molar-refractivity contribution in [2.75, 3.05) is 0 Å². The van der Waals surface area contributed by atoms with Crippen molar-refractivity contribution in [1.29, 1.82) is 0 Å². The molecule has 0 amide bonds. The molecule has 0 aliphatic heterocycles. The van der Waals surface area contributed by atoms with Crippen molar-refractivity contribution >= 4 is 0 Å². The minimum Gasteiger partial charge on any atom is -0.318 e. The minimum absolute atomic E-state index is 0.956. The standard InChI is InChI=1S/C11H19N3/c1-2-14-9-12-13-11(14)8-7-10-5-3-4-6-10/h9-10H,2-8H2,1H3. The van der Waals surface area contributed by atoms with Crippen LogP contribution in [0.25, 0.3) is 0 Å². The van der Waals surface area contributed by atoms with E-state index in [1.807, 2.05) is 6.33 Å². The fraction of sp³-hybridized carbons (Fsp3) is 0.818. The zero-order valence-corrected chi connectivity index (χ0v) is 8.95. The predicted octanol–water partition coefficient (Wildman–Crippen LogP) is 2.42. The molecule has 0 spiro atoms. The summed E-state index contributed by atoms with van der Waals surface area (Å²) in [5, 5.41) is 8.11. The number of hydrogen-bond acceptors (Lipinski definition) is 2. The quantitative estimate of drug-likeness (QED) is 0.735. The molecule has 1 fully saturated rings. The van der Waals surface area contributed by atoms with E-state index in [1.165, 1.54) is 37.9 Å². The van der Waals surface area contributed by atoms with Crippen LogP contribution in [0.3, 0.4) is 0 Å².